The number of amides is 1. The molecule has 1 saturated carbocycles. The number of hydrogen-bond donors (Lipinski definition) is 3. The molecule has 0 radical (unpaired) electrons. The van der Waals surface area contributed by atoms with Gasteiger partial charge in [0.15, 0.2) is 0 Å². The first-order chi connectivity index (χ1) is 18.5. The van der Waals surface area contributed by atoms with Gasteiger partial charge in [-0.1, -0.05) is 0 Å². The maximum Gasteiger partial charge on any atom is 0.223 e. The standard InChI is InChI=1S/C28H32N8O2/c1-31-14-21(12-29)20-9-25(27-22(13-30)16-33-36(27)17-20)19-3-4-26(32-15-19)35-7-5-18(6-8-35)28(37)34-23-10-24(11-23)38-2/h3-4,9,12,14-18,23-24,29,31H,5-8,10-11H2,1-2H3,(H,34,37)/b21-14+,29-12?/t23-,24+. The van der Waals surface area contributed by atoms with E-state index >= 15 is 0 Å². The average molecular weight is 513 g/mol. The number of methoxy groups -OCH3 is 1. The van der Waals surface area contributed by atoms with Gasteiger partial charge in [0.05, 0.1) is 23.4 Å². The molecule has 4 heterocycles. The molecule has 10 nitrogen and oxygen atoms in total. The zero-order valence-electron chi connectivity index (χ0n) is 21.6. The molecule has 3 N–H and O–H groups in total. The third-order valence-corrected chi connectivity index (χ3v) is 7.54. The first kappa shape index (κ1) is 25.4. The Labute approximate surface area is 221 Å². The van der Waals surface area contributed by atoms with E-state index in [0.717, 1.165) is 61.3 Å². The Morgan fingerprint density at radius 1 is 1.26 bits per heavy atom. The largest absolute Gasteiger partial charge is 0.393 e. The van der Waals surface area contributed by atoms with Crippen molar-refractivity contribution in [2.75, 3.05) is 32.1 Å². The monoisotopic (exact) mass is 512 g/mol. The zero-order chi connectivity index (χ0) is 26.6. The molecule has 1 amide bonds. The van der Waals surface area contributed by atoms with Crippen LogP contribution in [0.1, 0.15) is 36.8 Å². The predicted molar refractivity (Wildman–Crippen MR) is 146 cm³/mol. The summed E-state index contributed by atoms with van der Waals surface area (Å²) < 4.78 is 6.98. The van der Waals surface area contributed by atoms with Gasteiger partial charge in [0.1, 0.15) is 11.9 Å². The second-order valence-electron chi connectivity index (χ2n) is 9.84. The van der Waals surface area contributed by atoms with Gasteiger partial charge >= 0.3 is 0 Å². The van der Waals surface area contributed by atoms with Crippen LogP contribution < -0.4 is 15.5 Å². The van der Waals surface area contributed by atoms with Gasteiger partial charge in [0.2, 0.25) is 5.91 Å². The number of rotatable bonds is 8. The van der Waals surface area contributed by atoms with Gasteiger partial charge in [-0.2, -0.15) is 10.4 Å². The number of allylic oxidation sites excluding steroid dienone is 1. The van der Waals surface area contributed by atoms with E-state index < -0.39 is 0 Å². The SMILES string of the molecule is CN/C=C(\C=N)c1cc(-c2ccc(N3CCC(C(=O)N[C@H]4C[C@@H](OC)C4)CC3)nc2)c2c(C#N)cnn2c1. The summed E-state index contributed by atoms with van der Waals surface area (Å²) in [4.78, 5) is 19.6. The molecule has 38 heavy (non-hydrogen) atoms. The van der Waals surface area contributed by atoms with E-state index in [4.69, 9.17) is 15.1 Å². The molecule has 10 heteroatoms. The van der Waals surface area contributed by atoms with Crippen molar-refractivity contribution in [1.29, 1.82) is 10.7 Å². The molecule has 0 aromatic carbocycles. The average Bonchev–Trinajstić information content (AvgIpc) is 3.36. The van der Waals surface area contributed by atoms with Crippen molar-refractivity contribution in [3.8, 4) is 17.2 Å². The molecule has 5 rings (SSSR count). The normalized spacial score (nSPS) is 20.0. The number of pyridine rings is 2. The first-order valence-corrected chi connectivity index (χ1v) is 12.9. The Morgan fingerprint density at radius 3 is 2.68 bits per heavy atom. The van der Waals surface area contributed by atoms with Crippen molar-refractivity contribution in [2.24, 2.45) is 5.92 Å². The minimum atomic E-state index is 0.0307. The fourth-order valence-corrected chi connectivity index (χ4v) is 5.24. The van der Waals surface area contributed by atoms with Gasteiger partial charge < -0.3 is 25.7 Å². The number of nitrogens with one attached hydrogen (secondary N) is 3. The van der Waals surface area contributed by atoms with Crippen LogP contribution in [0.15, 0.2) is 43.0 Å². The molecule has 1 aliphatic heterocycles. The third-order valence-electron chi connectivity index (χ3n) is 7.54. The number of nitriles is 1. The van der Waals surface area contributed by atoms with Crippen LogP contribution in [-0.2, 0) is 9.53 Å². The summed E-state index contributed by atoms with van der Waals surface area (Å²) in [5.74, 6) is 1.05. The molecule has 1 aliphatic carbocycles. The van der Waals surface area contributed by atoms with E-state index in [1.807, 2.05) is 30.6 Å². The van der Waals surface area contributed by atoms with Crippen LogP contribution in [0, 0.1) is 22.7 Å². The number of aromatic nitrogens is 3. The summed E-state index contributed by atoms with van der Waals surface area (Å²) in [6.07, 6.45) is 11.9. The quantitative estimate of drug-likeness (QED) is 0.395. The Balaban J connectivity index is 1.31. The number of anilines is 1. The van der Waals surface area contributed by atoms with Gasteiger partial charge in [-0.05, 0) is 43.9 Å². The predicted octanol–water partition coefficient (Wildman–Crippen LogP) is 2.99. The fraction of sp³-hybridized carbons (Fsp3) is 0.393. The Kier molecular flexibility index (Phi) is 7.38. The van der Waals surface area contributed by atoms with E-state index in [0.29, 0.717) is 16.7 Å². The maximum absolute atomic E-state index is 12.7. The van der Waals surface area contributed by atoms with Crippen LogP contribution in [0.2, 0.25) is 0 Å². The summed E-state index contributed by atoms with van der Waals surface area (Å²) >= 11 is 0. The molecule has 0 spiro atoms. The number of fused-ring (bicyclic) bond motifs is 1. The van der Waals surface area contributed by atoms with Crippen molar-refractivity contribution in [3.05, 3.63) is 54.1 Å². The van der Waals surface area contributed by atoms with Crippen LogP contribution in [0.5, 0.6) is 0 Å². The number of piperidine rings is 1. The van der Waals surface area contributed by atoms with E-state index in [-0.39, 0.29) is 24.0 Å². The molecule has 1 saturated heterocycles. The van der Waals surface area contributed by atoms with Gasteiger partial charge in [-0.25, -0.2) is 9.50 Å². The summed E-state index contributed by atoms with van der Waals surface area (Å²) in [6.45, 7) is 1.54. The van der Waals surface area contributed by atoms with Gasteiger partial charge in [0.25, 0.3) is 0 Å². The minimum Gasteiger partial charge on any atom is -0.393 e. The Hall–Kier alpha value is -4.23. The molecule has 2 aliphatic rings. The van der Waals surface area contributed by atoms with Crippen molar-refractivity contribution in [3.63, 3.8) is 0 Å². The van der Waals surface area contributed by atoms with Crippen molar-refractivity contribution in [1.82, 2.24) is 25.2 Å². The smallest absolute Gasteiger partial charge is 0.223 e. The number of hydrogen-bond acceptors (Lipinski definition) is 8. The summed E-state index contributed by atoms with van der Waals surface area (Å²) in [5, 5.41) is 28.0. The highest BCUT2D eigenvalue weighted by Crippen LogP contribution is 2.31. The van der Waals surface area contributed by atoms with E-state index in [9.17, 15) is 10.1 Å². The first-order valence-electron chi connectivity index (χ1n) is 12.9. The van der Waals surface area contributed by atoms with E-state index in [2.05, 4.69) is 26.7 Å². The number of carbonyl (C=O) groups excluding carboxylic acids is 1. The third kappa shape index (κ3) is 4.97. The Morgan fingerprint density at radius 2 is 2.05 bits per heavy atom. The van der Waals surface area contributed by atoms with Crippen LogP contribution in [0.3, 0.4) is 0 Å². The van der Waals surface area contributed by atoms with Crippen LogP contribution in [0.4, 0.5) is 5.82 Å². The molecule has 3 aromatic heterocycles. The fourth-order valence-electron chi connectivity index (χ4n) is 5.24. The Bertz CT molecular complexity index is 1390. The van der Waals surface area contributed by atoms with Gasteiger partial charge in [-0.3, -0.25) is 4.79 Å². The number of carbonyl (C=O) groups is 1. The highest BCUT2D eigenvalue weighted by atomic mass is 16.5. The van der Waals surface area contributed by atoms with Crippen LogP contribution in [-0.4, -0.2) is 66.1 Å². The van der Waals surface area contributed by atoms with E-state index in [1.54, 1.807) is 31.1 Å². The molecule has 2 fully saturated rings. The van der Waals surface area contributed by atoms with Gasteiger partial charge in [0, 0.05) is 86.3 Å². The van der Waals surface area contributed by atoms with Crippen molar-refractivity contribution >= 4 is 29.0 Å². The lowest BCUT2D eigenvalue weighted by molar-refractivity contribution is -0.128. The molecule has 3 aromatic rings. The summed E-state index contributed by atoms with van der Waals surface area (Å²) in [6, 6.07) is 8.42. The second-order valence-corrected chi connectivity index (χ2v) is 9.84. The van der Waals surface area contributed by atoms with Crippen molar-refractivity contribution in [2.45, 2.75) is 37.8 Å². The summed E-state index contributed by atoms with van der Waals surface area (Å²) in [5.41, 5.74) is 4.35. The molecule has 0 unspecified atom stereocenters. The highest BCUT2D eigenvalue weighted by molar-refractivity contribution is 6.08. The molecular weight excluding hydrogens is 480 g/mol. The van der Waals surface area contributed by atoms with Crippen LogP contribution in [0.25, 0.3) is 22.2 Å². The van der Waals surface area contributed by atoms with Gasteiger partial charge in [-0.15, -0.1) is 0 Å². The van der Waals surface area contributed by atoms with Crippen LogP contribution >= 0.6 is 0 Å². The molecule has 196 valence electrons. The highest BCUT2D eigenvalue weighted by Gasteiger charge is 2.33. The lowest BCUT2D eigenvalue weighted by Gasteiger charge is -2.37. The summed E-state index contributed by atoms with van der Waals surface area (Å²) in [7, 11) is 3.50. The topological polar surface area (TPSA) is 131 Å². The molecule has 0 bridgehead atoms. The number of ether oxygens (including phenoxy) is 1. The molecular formula is C28H32N8O2. The van der Waals surface area contributed by atoms with E-state index in [1.165, 1.54) is 6.21 Å². The maximum atomic E-state index is 12.7. The minimum absolute atomic E-state index is 0.0307. The van der Waals surface area contributed by atoms with Crippen molar-refractivity contribution < 1.29 is 9.53 Å². The zero-order valence-corrected chi connectivity index (χ0v) is 21.6. The second kappa shape index (κ2) is 11.0. The lowest BCUT2D eigenvalue weighted by atomic mass is 9.88. The number of nitrogens with zero attached hydrogens (tertiary/aromatic N) is 5. The molecule has 0 atom stereocenters. The lowest BCUT2D eigenvalue weighted by Crippen LogP contribution is -2.50.